The SMILES string of the molecule is CCn1c(SCC(=O)N(c2ccccc2)c2ccccc2)nnc1-c1ccccc1Cl. The lowest BCUT2D eigenvalue weighted by atomic mass is 10.2. The van der Waals surface area contributed by atoms with Crippen molar-refractivity contribution in [1.82, 2.24) is 14.8 Å². The molecule has 0 atom stereocenters. The fraction of sp³-hybridized carbons (Fsp3) is 0.125. The van der Waals surface area contributed by atoms with Crippen molar-refractivity contribution in [2.24, 2.45) is 0 Å². The highest BCUT2D eigenvalue weighted by molar-refractivity contribution is 7.99. The number of rotatable bonds is 7. The standard InChI is InChI=1S/C24H21ClN4OS/c1-2-28-23(20-15-9-10-16-21(20)25)26-27-24(28)31-17-22(30)29(18-11-5-3-6-12-18)19-13-7-4-8-14-19/h3-16H,2,17H2,1H3. The highest BCUT2D eigenvalue weighted by atomic mass is 35.5. The van der Waals surface area contributed by atoms with Gasteiger partial charge in [0.2, 0.25) is 5.91 Å². The van der Waals surface area contributed by atoms with Gasteiger partial charge in [-0.1, -0.05) is 71.9 Å². The normalized spacial score (nSPS) is 10.8. The molecule has 0 unspecified atom stereocenters. The number of hydrogen-bond donors (Lipinski definition) is 0. The highest BCUT2D eigenvalue weighted by Crippen LogP contribution is 2.31. The van der Waals surface area contributed by atoms with Crippen molar-refractivity contribution in [3.63, 3.8) is 0 Å². The van der Waals surface area contributed by atoms with Gasteiger partial charge in [-0.05, 0) is 43.3 Å². The van der Waals surface area contributed by atoms with Gasteiger partial charge in [-0.15, -0.1) is 10.2 Å². The average molecular weight is 449 g/mol. The molecule has 0 aliphatic carbocycles. The van der Waals surface area contributed by atoms with Crippen LogP contribution in [0.15, 0.2) is 90.1 Å². The first-order valence-corrected chi connectivity index (χ1v) is 11.3. The summed E-state index contributed by atoms with van der Waals surface area (Å²) >= 11 is 7.73. The number of para-hydroxylation sites is 2. The third-order valence-corrected chi connectivity index (χ3v) is 6.03. The molecule has 4 aromatic rings. The lowest BCUT2D eigenvalue weighted by Gasteiger charge is -2.23. The van der Waals surface area contributed by atoms with Crippen LogP contribution in [0.2, 0.25) is 5.02 Å². The number of halogens is 1. The van der Waals surface area contributed by atoms with Gasteiger partial charge in [0.25, 0.3) is 0 Å². The molecule has 0 aliphatic heterocycles. The zero-order valence-electron chi connectivity index (χ0n) is 17.0. The molecule has 1 aromatic heterocycles. The summed E-state index contributed by atoms with van der Waals surface area (Å²) in [5, 5.41) is 9.98. The molecule has 0 saturated heterocycles. The number of carbonyl (C=O) groups excluding carboxylic acids is 1. The Balaban J connectivity index is 1.58. The fourth-order valence-corrected chi connectivity index (χ4v) is 4.38. The molecule has 3 aromatic carbocycles. The number of carbonyl (C=O) groups is 1. The third-order valence-electron chi connectivity index (χ3n) is 4.75. The van der Waals surface area contributed by atoms with E-state index in [0.717, 1.165) is 16.9 Å². The molecule has 4 rings (SSSR count). The smallest absolute Gasteiger partial charge is 0.242 e. The van der Waals surface area contributed by atoms with E-state index in [1.165, 1.54) is 11.8 Å². The van der Waals surface area contributed by atoms with Crippen LogP contribution in [0.3, 0.4) is 0 Å². The van der Waals surface area contributed by atoms with Crippen molar-refractivity contribution in [2.75, 3.05) is 10.7 Å². The lowest BCUT2D eigenvalue weighted by molar-refractivity contribution is -0.115. The van der Waals surface area contributed by atoms with Gasteiger partial charge < -0.3 is 4.57 Å². The lowest BCUT2D eigenvalue weighted by Crippen LogP contribution is -2.27. The average Bonchev–Trinajstić information content (AvgIpc) is 3.22. The molecule has 0 spiro atoms. The Morgan fingerprint density at radius 3 is 2.06 bits per heavy atom. The van der Waals surface area contributed by atoms with Crippen LogP contribution in [-0.2, 0) is 11.3 Å². The summed E-state index contributed by atoms with van der Waals surface area (Å²) in [4.78, 5) is 15.0. The largest absolute Gasteiger partial charge is 0.302 e. The minimum atomic E-state index is -0.0349. The van der Waals surface area contributed by atoms with E-state index in [-0.39, 0.29) is 11.7 Å². The summed E-state index contributed by atoms with van der Waals surface area (Å²) in [7, 11) is 0. The zero-order valence-corrected chi connectivity index (χ0v) is 18.6. The second-order valence-electron chi connectivity index (χ2n) is 6.72. The number of benzene rings is 3. The van der Waals surface area contributed by atoms with Crippen LogP contribution in [0.1, 0.15) is 6.92 Å². The van der Waals surface area contributed by atoms with E-state index < -0.39 is 0 Å². The molecule has 1 heterocycles. The Morgan fingerprint density at radius 2 is 1.48 bits per heavy atom. The van der Waals surface area contributed by atoms with Gasteiger partial charge in [-0.2, -0.15) is 0 Å². The predicted octanol–water partition coefficient (Wildman–Crippen LogP) is 6.08. The van der Waals surface area contributed by atoms with E-state index in [1.54, 1.807) is 4.90 Å². The Hall–Kier alpha value is -3.09. The van der Waals surface area contributed by atoms with E-state index in [0.29, 0.717) is 22.5 Å². The second kappa shape index (κ2) is 9.81. The maximum atomic E-state index is 13.3. The zero-order chi connectivity index (χ0) is 21.6. The van der Waals surface area contributed by atoms with Crippen molar-refractivity contribution >= 4 is 40.6 Å². The molecular formula is C24H21ClN4OS. The Bertz CT molecular complexity index is 1130. The first-order chi connectivity index (χ1) is 15.2. The maximum absolute atomic E-state index is 13.3. The molecule has 0 fully saturated rings. The van der Waals surface area contributed by atoms with Gasteiger partial charge in [0.15, 0.2) is 11.0 Å². The number of hydrogen-bond acceptors (Lipinski definition) is 4. The molecule has 0 bridgehead atoms. The van der Waals surface area contributed by atoms with Gasteiger partial charge in [0.05, 0.1) is 10.8 Å². The molecule has 156 valence electrons. The van der Waals surface area contributed by atoms with Crippen LogP contribution >= 0.6 is 23.4 Å². The Morgan fingerprint density at radius 1 is 0.903 bits per heavy atom. The van der Waals surface area contributed by atoms with Crippen LogP contribution in [0, 0.1) is 0 Å². The maximum Gasteiger partial charge on any atom is 0.242 e. The summed E-state index contributed by atoms with van der Waals surface area (Å²) in [6.07, 6.45) is 0. The molecular weight excluding hydrogens is 428 g/mol. The number of thioether (sulfide) groups is 1. The summed E-state index contributed by atoms with van der Waals surface area (Å²) in [5.41, 5.74) is 2.48. The van der Waals surface area contributed by atoms with Crippen LogP contribution in [0.25, 0.3) is 11.4 Å². The van der Waals surface area contributed by atoms with Crippen molar-refractivity contribution in [2.45, 2.75) is 18.6 Å². The predicted molar refractivity (Wildman–Crippen MR) is 127 cm³/mol. The van der Waals surface area contributed by atoms with Crippen molar-refractivity contribution in [3.8, 4) is 11.4 Å². The van der Waals surface area contributed by atoms with Crippen LogP contribution in [0.5, 0.6) is 0 Å². The van der Waals surface area contributed by atoms with E-state index in [2.05, 4.69) is 10.2 Å². The topological polar surface area (TPSA) is 51.0 Å². The summed E-state index contributed by atoms with van der Waals surface area (Å²) in [6, 6.07) is 26.9. The molecule has 31 heavy (non-hydrogen) atoms. The van der Waals surface area contributed by atoms with Crippen molar-refractivity contribution in [3.05, 3.63) is 90.0 Å². The molecule has 0 radical (unpaired) electrons. The van der Waals surface area contributed by atoms with Crippen LogP contribution in [-0.4, -0.2) is 26.4 Å². The first-order valence-electron chi connectivity index (χ1n) is 9.93. The quantitative estimate of drug-likeness (QED) is 0.322. The van der Waals surface area contributed by atoms with Crippen LogP contribution in [0.4, 0.5) is 11.4 Å². The highest BCUT2D eigenvalue weighted by Gasteiger charge is 2.21. The molecule has 1 amide bonds. The van der Waals surface area contributed by atoms with Crippen molar-refractivity contribution in [1.29, 1.82) is 0 Å². The minimum Gasteiger partial charge on any atom is -0.302 e. The monoisotopic (exact) mass is 448 g/mol. The number of amides is 1. The molecule has 0 N–H and O–H groups in total. The van der Waals surface area contributed by atoms with Gasteiger partial charge in [0, 0.05) is 23.5 Å². The van der Waals surface area contributed by atoms with E-state index in [1.807, 2.05) is 96.4 Å². The minimum absolute atomic E-state index is 0.0349. The van der Waals surface area contributed by atoms with Gasteiger partial charge in [-0.25, -0.2) is 0 Å². The van der Waals surface area contributed by atoms with E-state index >= 15 is 0 Å². The van der Waals surface area contributed by atoms with Crippen LogP contribution < -0.4 is 4.90 Å². The summed E-state index contributed by atoms with van der Waals surface area (Å²) < 4.78 is 1.98. The molecule has 7 heteroatoms. The Labute approximate surface area is 190 Å². The first kappa shape index (κ1) is 21.2. The summed E-state index contributed by atoms with van der Waals surface area (Å²) in [6.45, 7) is 2.70. The van der Waals surface area contributed by atoms with Gasteiger partial charge in [0.1, 0.15) is 0 Å². The van der Waals surface area contributed by atoms with E-state index in [4.69, 9.17) is 11.6 Å². The van der Waals surface area contributed by atoms with Gasteiger partial charge >= 0.3 is 0 Å². The van der Waals surface area contributed by atoms with E-state index in [9.17, 15) is 4.79 Å². The number of nitrogens with zero attached hydrogens (tertiary/aromatic N) is 4. The molecule has 0 saturated carbocycles. The fourth-order valence-electron chi connectivity index (χ4n) is 3.30. The number of aromatic nitrogens is 3. The van der Waals surface area contributed by atoms with Crippen molar-refractivity contribution < 1.29 is 4.79 Å². The second-order valence-corrected chi connectivity index (χ2v) is 8.07. The molecule has 0 aliphatic rings. The Kier molecular flexibility index (Phi) is 6.70. The number of anilines is 2. The van der Waals surface area contributed by atoms with Gasteiger partial charge in [-0.3, -0.25) is 9.69 Å². The summed E-state index contributed by atoms with van der Waals surface area (Å²) in [5.74, 6) is 0.892. The third kappa shape index (κ3) is 4.65. The molecule has 5 nitrogen and oxygen atoms in total.